The van der Waals surface area contributed by atoms with Crippen molar-refractivity contribution in [2.75, 3.05) is 0 Å². The molecule has 1 aromatic rings. The van der Waals surface area contributed by atoms with E-state index in [4.69, 9.17) is 15.9 Å². The lowest BCUT2D eigenvalue weighted by molar-refractivity contribution is 0.0691. The molecule has 5 N–H and O–H groups in total. The van der Waals surface area contributed by atoms with Gasteiger partial charge in [0, 0.05) is 6.54 Å². The number of hydrogen-bond acceptors (Lipinski definition) is 4. The molecule has 0 aliphatic rings. The van der Waals surface area contributed by atoms with Crippen LogP contribution in [0, 0.1) is 0 Å². The number of hydrogen-bond donors (Lipinski definition) is 4. The Hall–Kier alpha value is -2.08. The Labute approximate surface area is 84.6 Å². The van der Waals surface area contributed by atoms with Crippen molar-refractivity contribution >= 4 is 11.9 Å². The molecule has 0 fully saturated rings. The predicted molar refractivity (Wildman–Crippen MR) is 49.9 cm³/mol. The highest BCUT2D eigenvalue weighted by Gasteiger charge is 2.19. The van der Waals surface area contributed by atoms with Gasteiger partial charge in [-0.2, -0.15) is 0 Å². The zero-order chi connectivity index (χ0) is 11.6. The van der Waals surface area contributed by atoms with Crippen LogP contribution in [0.1, 0.15) is 26.3 Å². The van der Waals surface area contributed by atoms with Crippen LogP contribution in [0.15, 0.2) is 12.1 Å². The molecule has 0 unspecified atom stereocenters. The summed E-state index contributed by atoms with van der Waals surface area (Å²) in [7, 11) is 0. The smallest absolute Gasteiger partial charge is 0.339 e. The summed E-state index contributed by atoms with van der Waals surface area (Å²) in [5.41, 5.74) is 4.68. The van der Waals surface area contributed by atoms with E-state index in [0.717, 1.165) is 12.1 Å². The van der Waals surface area contributed by atoms with Gasteiger partial charge in [0.2, 0.25) is 0 Å². The molecule has 0 saturated carbocycles. The lowest BCUT2D eigenvalue weighted by atomic mass is 10.0. The Morgan fingerprint density at radius 1 is 1.13 bits per heavy atom. The van der Waals surface area contributed by atoms with Crippen LogP contribution in [-0.2, 0) is 6.54 Å². The van der Waals surface area contributed by atoms with E-state index in [0.29, 0.717) is 5.56 Å². The molecule has 0 aromatic heterocycles. The maximum absolute atomic E-state index is 10.7. The van der Waals surface area contributed by atoms with Crippen molar-refractivity contribution in [2.24, 2.45) is 5.73 Å². The summed E-state index contributed by atoms with van der Waals surface area (Å²) in [6.45, 7) is 0.000833. The number of rotatable bonds is 3. The third-order valence-corrected chi connectivity index (χ3v) is 1.87. The molecule has 6 heteroatoms. The summed E-state index contributed by atoms with van der Waals surface area (Å²) in [5.74, 6) is -3.55. The Bertz CT molecular complexity index is 392. The van der Waals surface area contributed by atoms with Crippen molar-refractivity contribution in [3.63, 3.8) is 0 Å². The number of carboxylic acid groups (broad SMARTS) is 2. The first-order valence-corrected chi connectivity index (χ1v) is 4.00. The van der Waals surface area contributed by atoms with Crippen LogP contribution < -0.4 is 5.73 Å². The van der Waals surface area contributed by atoms with Gasteiger partial charge in [0.05, 0.1) is 0 Å². The van der Waals surface area contributed by atoms with Crippen LogP contribution in [0.2, 0.25) is 0 Å². The first-order chi connectivity index (χ1) is 6.97. The van der Waals surface area contributed by atoms with Gasteiger partial charge in [0.15, 0.2) is 0 Å². The molecule has 0 bridgehead atoms. The number of aromatic hydroxyl groups is 1. The highest BCUT2D eigenvalue weighted by Crippen LogP contribution is 2.24. The third kappa shape index (κ3) is 2.05. The molecule has 15 heavy (non-hydrogen) atoms. The average molecular weight is 211 g/mol. The van der Waals surface area contributed by atoms with Crippen LogP contribution >= 0.6 is 0 Å². The minimum atomic E-state index is -1.40. The van der Waals surface area contributed by atoms with E-state index < -0.39 is 28.8 Å². The molecule has 0 radical (unpaired) electrons. The summed E-state index contributed by atoms with van der Waals surface area (Å²) in [6.07, 6.45) is 0. The molecule has 0 atom stereocenters. The molecule has 1 rings (SSSR count). The van der Waals surface area contributed by atoms with E-state index in [1.807, 2.05) is 0 Å². The first-order valence-electron chi connectivity index (χ1n) is 4.00. The maximum atomic E-state index is 10.7. The number of benzene rings is 1. The maximum Gasteiger partial charge on any atom is 0.339 e. The van der Waals surface area contributed by atoms with Crippen molar-refractivity contribution in [2.45, 2.75) is 6.54 Å². The van der Waals surface area contributed by atoms with Gasteiger partial charge in [-0.3, -0.25) is 0 Å². The molecular formula is C9H9NO5. The second-order valence-electron chi connectivity index (χ2n) is 2.85. The molecule has 1 aromatic carbocycles. The van der Waals surface area contributed by atoms with Gasteiger partial charge in [0.25, 0.3) is 0 Å². The molecule has 0 heterocycles. The fraction of sp³-hybridized carbons (Fsp3) is 0.111. The summed E-state index contributed by atoms with van der Waals surface area (Å²) < 4.78 is 0. The number of phenols is 1. The van der Waals surface area contributed by atoms with Crippen molar-refractivity contribution in [3.05, 3.63) is 28.8 Å². The topological polar surface area (TPSA) is 121 Å². The lowest BCUT2D eigenvalue weighted by Crippen LogP contribution is -2.07. The minimum Gasteiger partial charge on any atom is -0.506 e. The number of nitrogens with two attached hydrogens (primary N) is 1. The van der Waals surface area contributed by atoms with Crippen molar-refractivity contribution in [1.82, 2.24) is 0 Å². The number of carboxylic acids is 2. The number of carbonyl (C=O) groups is 2. The van der Waals surface area contributed by atoms with Gasteiger partial charge in [-0.15, -0.1) is 0 Å². The van der Waals surface area contributed by atoms with Crippen molar-refractivity contribution < 1.29 is 24.9 Å². The normalized spacial score (nSPS) is 9.93. The summed E-state index contributed by atoms with van der Waals surface area (Å²) >= 11 is 0. The molecule has 0 amide bonds. The SMILES string of the molecule is NCc1cc(C(=O)O)c(O)c(C(=O)O)c1. The van der Waals surface area contributed by atoms with Crippen molar-refractivity contribution in [1.29, 1.82) is 0 Å². The van der Waals surface area contributed by atoms with E-state index in [9.17, 15) is 14.7 Å². The fourth-order valence-electron chi connectivity index (χ4n) is 1.14. The average Bonchev–Trinajstić information content (AvgIpc) is 2.17. The van der Waals surface area contributed by atoms with Gasteiger partial charge < -0.3 is 21.1 Å². The minimum absolute atomic E-state index is 0.000833. The fourth-order valence-corrected chi connectivity index (χ4v) is 1.14. The highest BCUT2D eigenvalue weighted by molar-refractivity contribution is 5.98. The molecule has 0 aliphatic carbocycles. The Morgan fingerprint density at radius 2 is 1.53 bits per heavy atom. The Morgan fingerprint density at radius 3 is 1.80 bits per heavy atom. The molecule has 0 spiro atoms. The Balaban J connectivity index is 3.47. The molecule has 0 saturated heterocycles. The molecule has 80 valence electrons. The van der Waals surface area contributed by atoms with Gasteiger partial charge >= 0.3 is 11.9 Å². The lowest BCUT2D eigenvalue weighted by Gasteiger charge is -2.06. The van der Waals surface area contributed by atoms with Crippen LogP contribution in [0.25, 0.3) is 0 Å². The van der Waals surface area contributed by atoms with Crippen LogP contribution in [0.4, 0.5) is 0 Å². The molecule has 6 nitrogen and oxygen atoms in total. The second kappa shape index (κ2) is 3.97. The summed E-state index contributed by atoms with van der Waals surface area (Å²) in [6, 6.07) is 2.29. The van der Waals surface area contributed by atoms with E-state index >= 15 is 0 Å². The van der Waals surface area contributed by atoms with Crippen LogP contribution in [0.3, 0.4) is 0 Å². The zero-order valence-electron chi connectivity index (χ0n) is 7.60. The standard InChI is InChI=1S/C9H9NO5/c10-3-4-1-5(8(12)13)7(11)6(2-4)9(14)15/h1-2,11H,3,10H2,(H,12,13)(H,14,15). The van der Waals surface area contributed by atoms with Gasteiger partial charge in [0.1, 0.15) is 16.9 Å². The second-order valence-corrected chi connectivity index (χ2v) is 2.85. The monoisotopic (exact) mass is 211 g/mol. The van der Waals surface area contributed by atoms with E-state index in [1.165, 1.54) is 0 Å². The molecular weight excluding hydrogens is 202 g/mol. The van der Waals surface area contributed by atoms with E-state index in [2.05, 4.69) is 0 Å². The van der Waals surface area contributed by atoms with E-state index in [-0.39, 0.29) is 6.54 Å². The highest BCUT2D eigenvalue weighted by atomic mass is 16.4. The van der Waals surface area contributed by atoms with Gasteiger partial charge in [-0.1, -0.05) is 0 Å². The van der Waals surface area contributed by atoms with E-state index in [1.54, 1.807) is 0 Å². The third-order valence-electron chi connectivity index (χ3n) is 1.87. The predicted octanol–water partition coefficient (Wildman–Crippen LogP) is 0.247. The number of aromatic carboxylic acids is 2. The van der Waals surface area contributed by atoms with Crippen LogP contribution in [0.5, 0.6) is 5.75 Å². The molecule has 0 aliphatic heterocycles. The Kier molecular flexibility index (Phi) is 2.91. The van der Waals surface area contributed by atoms with Gasteiger partial charge in [-0.25, -0.2) is 9.59 Å². The summed E-state index contributed by atoms with van der Waals surface area (Å²) in [5, 5.41) is 26.7. The van der Waals surface area contributed by atoms with Crippen molar-refractivity contribution in [3.8, 4) is 5.75 Å². The summed E-state index contributed by atoms with van der Waals surface area (Å²) in [4.78, 5) is 21.3. The zero-order valence-corrected chi connectivity index (χ0v) is 7.60. The van der Waals surface area contributed by atoms with Gasteiger partial charge in [-0.05, 0) is 17.7 Å². The quantitative estimate of drug-likeness (QED) is 0.568. The van der Waals surface area contributed by atoms with Crippen LogP contribution in [-0.4, -0.2) is 27.3 Å². The first kappa shape index (κ1) is 11.0. The largest absolute Gasteiger partial charge is 0.506 e.